The Morgan fingerprint density at radius 2 is 0.636 bits per heavy atom. The summed E-state index contributed by atoms with van der Waals surface area (Å²) < 4.78 is 7.44. The molecular weight excluding hydrogens is 480 g/mol. The van der Waals surface area contributed by atoms with E-state index in [2.05, 4.69) is 104 Å². The Bertz CT molecular complexity index is 880. The van der Waals surface area contributed by atoms with Crippen LogP contribution in [0.25, 0.3) is 0 Å². The van der Waals surface area contributed by atoms with Crippen molar-refractivity contribution in [2.24, 2.45) is 23.7 Å². The van der Waals surface area contributed by atoms with Crippen LogP contribution in [0.5, 0.6) is 0 Å². The summed E-state index contributed by atoms with van der Waals surface area (Å²) in [5.41, 5.74) is 6.62. The fourth-order valence-corrected chi connectivity index (χ4v) is 20.4. The van der Waals surface area contributed by atoms with Gasteiger partial charge in [-0.05, 0) is 0 Å². The van der Waals surface area contributed by atoms with E-state index in [1.807, 2.05) is 15.9 Å². The topological polar surface area (TPSA) is 0 Å². The maximum atomic E-state index is 2.49. The molecule has 4 aliphatic carbocycles. The van der Waals surface area contributed by atoms with E-state index >= 15 is 0 Å². The van der Waals surface area contributed by atoms with Gasteiger partial charge < -0.3 is 0 Å². The van der Waals surface area contributed by atoms with Gasteiger partial charge in [-0.15, -0.1) is 0 Å². The van der Waals surface area contributed by atoms with Gasteiger partial charge in [0.2, 0.25) is 0 Å². The van der Waals surface area contributed by atoms with E-state index in [-0.39, 0.29) is 0 Å². The second-order valence-corrected chi connectivity index (χ2v) is 19.0. The van der Waals surface area contributed by atoms with Crippen molar-refractivity contribution >= 4 is 0 Å². The molecule has 0 saturated heterocycles. The van der Waals surface area contributed by atoms with Crippen molar-refractivity contribution < 1.29 is 16.1 Å². The van der Waals surface area contributed by atoms with E-state index in [1.165, 1.54) is 0 Å². The molecule has 1 heteroatoms. The Hall–Kier alpha value is -1.39. The molecule has 0 heterocycles. The van der Waals surface area contributed by atoms with Crippen molar-refractivity contribution in [3.63, 3.8) is 0 Å². The Morgan fingerprint density at radius 1 is 0.424 bits per heavy atom. The van der Waals surface area contributed by atoms with Crippen LogP contribution in [0.3, 0.4) is 0 Å². The average Bonchev–Trinajstić information content (AvgIpc) is 3.54. The zero-order valence-electron chi connectivity index (χ0n) is 22.2. The number of allylic oxidation sites excluding steroid dienone is 16. The standard InChI is InChI=1S/4C8H11.Mo/c4*1-7(2)8-5-3-4-6-8;/h4*3,5,7H,4H2,1-2H3;. The summed E-state index contributed by atoms with van der Waals surface area (Å²) in [6.45, 7) is 19.3. The normalized spacial score (nSPS) is 21.5. The first-order valence-corrected chi connectivity index (χ1v) is 17.1. The molecule has 0 nitrogen and oxygen atoms in total. The molecule has 0 amide bonds. The van der Waals surface area contributed by atoms with Crippen molar-refractivity contribution in [2.45, 2.75) is 81.1 Å². The molecule has 0 saturated carbocycles. The molecule has 0 bridgehead atoms. The molecule has 0 spiro atoms. The molecule has 0 fully saturated rings. The van der Waals surface area contributed by atoms with Crippen LogP contribution < -0.4 is 0 Å². The molecule has 0 radical (unpaired) electrons. The summed E-state index contributed by atoms with van der Waals surface area (Å²) in [6, 6.07) is 0. The van der Waals surface area contributed by atoms with E-state index in [1.54, 1.807) is 22.3 Å². The van der Waals surface area contributed by atoms with Crippen LogP contribution in [0, 0.1) is 23.7 Å². The predicted octanol–water partition coefficient (Wildman–Crippen LogP) is 9.62. The number of hydrogen-bond donors (Lipinski definition) is 0. The van der Waals surface area contributed by atoms with E-state index in [9.17, 15) is 0 Å². The maximum absolute atomic E-state index is 3.11. The fourth-order valence-electron chi connectivity index (χ4n) is 6.17. The molecule has 0 aliphatic heterocycles. The monoisotopic (exact) mass is 526 g/mol. The van der Waals surface area contributed by atoms with Crippen molar-refractivity contribution in [3.8, 4) is 0 Å². The molecule has 0 aromatic rings. The molecule has 0 N–H and O–H groups in total. The second kappa shape index (κ2) is 9.70. The minimum absolute atomic E-state index is 0.580. The molecule has 0 aromatic carbocycles. The van der Waals surface area contributed by atoms with E-state index < -0.39 is 16.1 Å². The Morgan fingerprint density at radius 3 is 0.818 bits per heavy atom. The summed E-state index contributed by atoms with van der Waals surface area (Å²) in [5.74, 6) is 2.32. The van der Waals surface area contributed by atoms with Gasteiger partial charge in [0, 0.05) is 0 Å². The van der Waals surface area contributed by atoms with Crippen molar-refractivity contribution in [1.82, 2.24) is 0 Å². The van der Waals surface area contributed by atoms with E-state index in [4.69, 9.17) is 0 Å². The van der Waals surface area contributed by atoms with Gasteiger partial charge in [-0.1, -0.05) is 0 Å². The first-order valence-electron chi connectivity index (χ1n) is 13.1. The van der Waals surface area contributed by atoms with Gasteiger partial charge in [0.15, 0.2) is 0 Å². The van der Waals surface area contributed by atoms with Crippen molar-refractivity contribution in [2.75, 3.05) is 0 Å². The number of hydrogen-bond acceptors (Lipinski definition) is 0. The van der Waals surface area contributed by atoms with Gasteiger partial charge in [-0.3, -0.25) is 0 Å². The summed E-state index contributed by atoms with van der Waals surface area (Å²) in [7, 11) is 0. The van der Waals surface area contributed by atoms with E-state index in [0.717, 1.165) is 25.7 Å². The van der Waals surface area contributed by atoms with Gasteiger partial charge in [0.25, 0.3) is 0 Å². The van der Waals surface area contributed by atoms with Gasteiger partial charge in [-0.2, -0.15) is 0 Å². The molecule has 178 valence electrons. The van der Waals surface area contributed by atoms with Gasteiger partial charge >= 0.3 is 208 Å². The summed E-state index contributed by atoms with van der Waals surface area (Å²) in [6.07, 6.45) is 24.6. The average molecular weight is 525 g/mol. The SMILES string of the molecule is CC(C)C1=[C]([Mo]([C]2=C(C(C)C)C=CC2)([C]2=C(C(C)C)C=CC2)[C]2=C(C(C)C)C=CC2)CC=C1. The third kappa shape index (κ3) is 4.05. The van der Waals surface area contributed by atoms with E-state index in [0.29, 0.717) is 23.7 Å². The molecule has 4 rings (SSSR count). The zero-order chi connectivity index (χ0) is 23.9. The molecule has 33 heavy (non-hydrogen) atoms. The van der Waals surface area contributed by atoms with Crippen LogP contribution >= 0.6 is 0 Å². The van der Waals surface area contributed by atoms with Crippen LogP contribution in [0.2, 0.25) is 0 Å². The quantitative estimate of drug-likeness (QED) is 0.277. The van der Waals surface area contributed by atoms with Crippen LogP contribution in [0.4, 0.5) is 0 Å². The Kier molecular flexibility index (Phi) is 7.26. The van der Waals surface area contributed by atoms with Crippen LogP contribution in [-0.4, -0.2) is 0 Å². The minimum atomic E-state index is -3.11. The summed E-state index contributed by atoms with van der Waals surface area (Å²) in [5, 5.41) is 0. The molecule has 0 aromatic heterocycles. The Balaban J connectivity index is 2.18. The summed E-state index contributed by atoms with van der Waals surface area (Å²) in [4.78, 5) is 0. The number of rotatable bonds is 8. The zero-order valence-corrected chi connectivity index (χ0v) is 24.2. The third-order valence-electron chi connectivity index (χ3n) is 7.66. The first-order chi connectivity index (χ1) is 15.7. The van der Waals surface area contributed by atoms with Crippen LogP contribution in [0.1, 0.15) is 81.1 Å². The molecule has 0 unspecified atom stereocenters. The van der Waals surface area contributed by atoms with Crippen molar-refractivity contribution in [3.05, 3.63) is 86.8 Å². The third-order valence-corrected chi connectivity index (χ3v) is 18.9. The first kappa shape index (κ1) is 24.7. The summed E-state index contributed by atoms with van der Waals surface area (Å²) >= 11 is -3.11. The molecular formula is C32H44Mo. The second-order valence-electron chi connectivity index (χ2n) is 11.2. The predicted molar refractivity (Wildman–Crippen MR) is 142 cm³/mol. The molecule has 0 atom stereocenters. The van der Waals surface area contributed by atoms with Crippen molar-refractivity contribution in [1.29, 1.82) is 0 Å². The fraction of sp³-hybridized carbons (Fsp3) is 0.500. The van der Waals surface area contributed by atoms with Crippen LogP contribution in [0.15, 0.2) is 86.8 Å². The molecule has 4 aliphatic rings. The van der Waals surface area contributed by atoms with Gasteiger partial charge in [-0.25, -0.2) is 0 Å². The Labute approximate surface area is 206 Å². The van der Waals surface area contributed by atoms with Crippen LogP contribution in [-0.2, 0) is 16.1 Å². The van der Waals surface area contributed by atoms with Gasteiger partial charge in [0.1, 0.15) is 0 Å². The van der Waals surface area contributed by atoms with Gasteiger partial charge in [0.05, 0.1) is 0 Å².